The van der Waals surface area contributed by atoms with Gasteiger partial charge in [-0.3, -0.25) is 9.47 Å². The maximum Gasteiger partial charge on any atom is 0.221 e. The summed E-state index contributed by atoms with van der Waals surface area (Å²) in [5.74, 6) is -0.524. The molecule has 4 rings (SSSR count). The summed E-state index contributed by atoms with van der Waals surface area (Å²) in [5.41, 5.74) is 1.53. The molecule has 0 aliphatic carbocycles. The quantitative estimate of drug-likeness (QED) is 0.439. The van der Waals surface area contributed by atoms with Gasteiger partial charge in [0.15, 0.2) is 5.69 Å². The number of fused-ring (bicyclic) bond motifs is 1. The molecule has 7 nitrogen and oxygen atoms in total. The maximum atomic E-state index is 13.9. The van der Waals surface area contributed by atoms with E-state index in [1.54, 1.807) is 34.9 Å². The van der Waals surface area contributed by atoms with Gasteiger partial charge in [0, 0.05) is 29.2 Å². The molecule has 1 fully saturated rings. The van der Waals surface area contributed by atoms with E-state index in [0.717, 1.165) is 13.1 Å². The lowest BCUT2D eigenvalue weighted by Gasteiger charge is -2.27. The van der Waals surface area contributed by atoms with Gasteiger partial charge in [0.1, 0.15) is 5.82 Å². The fourth-order valence-corrected chi connectivity index (χ4v) is 3.54. The van der Waals surface area contributed by atoms with Gasteiger partial charge >= 0.3 is 0 Å². The topological polar surface area (TPSA) is 74.4 Å². The molecule has 10 heteroatoms. The van der Waals surface area contributed by atoms with Crippen molar-refractivity contribution in [3.05, 3.63) is 53.3 Å². The number of aromatic nitrogens is 1. The summed E-state index contributed by atoms with van der Waals surface area (Å²) >= 11 is 11.1. The van der Waals surface area contributed by atoms with E-state index in [-0.39, 0.29) is 16.7 Å². The zero-order chi connectivity index (χ0) is 21.1. The summed E-state index contributed by atoms with van der Waals surface area (Å²) in [4.78, 5) is 2.14. The lowest BCUT2D eigenvalue weighted by molar-refractivity contribution is 0.0231. The number of hydrogen-bond acceptors (Lipinski definition) is 5. The number of benzene rings is 2. The second kappa shape index (κ2) is 9.05. The molecule has 0 atom stereocenters. The molecule has 0 radical (unpaired) electrons. The highest BCUT2D eigenvalue weighted by Gasteiger charge is 2.20. The molecule has 1 aromatic heterocycles. The summed E-state index contributed by atoms with van der Waals surface area (Å²) in [7, 11) is 0. The molecule has 2 heterocycles. The van der Waals surface area contributed by atoms with E-state index in [0.29, 0.717) is 41.5 Å². The predicted molar refractivity (Wildman–Crippen MR) is 118 cm³/mol. The molecule has 0 spiro atoms. The number of azo groups is 1. The van der Waals surface area contributed by atoms with E-state index in [1.165, 1.54) is 12.1 Å². The van der Waals surface area contributed by atoms with Crippen LogP contribution in [-0.2, 0) is 11.4 Å². The Kier molecular flexibility index (Phi) is 6.24. The van der Waals surface area contributed by atoms with Gasteiger partial charge in [0.2, 0.25) is 11.0 Å². The van der Waals surface area contributed by atoms with Crippen LogP contribution in [0.1, 0.15) is 0 Å². The van der Waals surface area contributed by atoms with Crippen LogP contribution in [0.5, 0.6) is 5.88 Å². The predicted octanol–water partition coefficient (Wildman–Crippen LogP) is 4.91. The number of morpholine rings is 1. The summed E-state index contributed by atoms with van der Waals surface area (Å²) in [6, 6.07) is 11.2. The van der Waals surface area contributed by atoms with E-state index < -0.39 is 5.82 Å². The SMILES string of the molecule is Oc1c(N=NC(=S)Nc2ccc(Cl)cc2)c2cc(F)ccc2n1CN1CCOCC1. The molecule has 0 bridgehead atoms. The Labute approximate surface area is 182 Å². The number of halogens is 2. The Hall–Kier alpha value is -2.59. The fraction of sp³-hybridized carbons (Fsp3) is 0.250. The van der Waals surface area contributed by atoms with Gasteiger partial charge < -0.3 is 15.2 Å². The molecule has 0 saturated carbocycles. The second-order valence-corrected chi connectivity index (χ2v) is 7.59. The standard InChI is InChI=1S/C20H19ClFN5O2S/c21-13-1-4-15(5-2-13)23-20(30)25-24-18-16-11-14(22)3-6-17(16)27(19(18)28)12-26-7-9-29-10-8-26/h1-6,11,28H,7-10,12H2,(H,23,30). The average Bonchev–Trinajstić information content (AvgIpc) is 2.99. The van der Waals surface area contributed by atoms with Crippen LogP contribution < -0.4 is 5.32 Å². The number of nitrogens with one attached hydrogen (secondary N) is 1. The molecular formula is C20H19ClFN5O2S. The van der Waals surface area contributed by atoms with Gasteiger partial charge in [-0.05, 0) is 54.7 Å². The van der Waals surface area contributed by atoms with Crippen molar-refractivity contribution in [2.24, 2.45) is 10.2 Å². The Morgan fingerprint density at radius 2 is 1.93 bits per heavy atom. The van der Waals surface area contributed by atoms with Crippen LogP contribution in [0, 0.1) is 5.82 Å². The molecule has 0 unspecified atom stereocenters. The van der Waals surface area contributed by atoms with Crippen molar-refractivity contribution in [2.45, 2.75) is 6.67 Å². The summed E-state index contributed by atoms with van der Waals surface area (Å²) in [6.45, 7) is 3.18. The Balaban J connectivity index is 1.61. The van der Waals surface area contributed by atoms with Gasteiger partial charge in [-0.2, -0.15) is 0 Å². The Bertz CT molecular complexity index is 1100. The van der Waals surface area contributed by atoms with Crippen molar-refractivity contribution in [1.82, 2.24) is 9.47 Å². The van der Waals surface area contributed by atoms with Crippen LogP contribution in [-0.4, -0.2) is 46.0 Å². The van der Waals surface area contributed by atoms with Gasteiger partial charge in [0.25, 0.3) is 0 Å². The van der Waals surface area contributed by atoms with E-state index in [9.17, 15) is 9.50 Å². The molecule has 0 amide bonds. The minimum absolute atomic E-state index is 0.0971. The number of hydrogen-bond donors (Lipinski definition) is 2. The van der Waals surface area contributed by atoms with E-state index in [4.69, 9.17) is 28.6 Å². The first-order chi connectivity index (χ1) is 14.5. The van der Waals surface area contributed by atoms with Crippen molar-refractivity contribution < 1.29 is 14.2 Å². The minimum atomic E-state index is -0.427. The first-order valence-corrected chi connectivity index (χ1v) is 10.1. The number of rotatable bonds is 4. The fourth-order valence-electron chi connectivity index (χ4n) is 3.26. The maximum absolute atomic E-state index is 13.9. The number of thiocarbonyl (C=S) groups is 1. The average molecular weight is 448 g/mol. The van der Waals surface area contributed by atoms with Crippen molar-refractivity contribution in [3.63, 3.8) is 0 Å². The van der Waals surface area contributed by atoms with Gasteiger partial charge in [-0.1, -0.05) is 11.6 Å². The molecule has 1 saturated heterocycles. The molecule has 1 aliphatic rings. The highest BCUT2D eigenvalue weighted by atomic mass is 35.5. The summed E-state index contributed by atoms with van der Waals surface area (Å²) in [6.07, 6.45) is 0. The van der Waals surface area contributed by atoms with Crippen molar-refractivity contribution in [3.8, 4) is 5.88 Å². The third kappa shape index (κ3) is 4.59. The zero-order valence-corrected chi connectivity index (χ0v) is 17.5. The monoisotopic (exact) mass is 447 g/mol. The molecule has 2 N–H and O–H groups in total. The molecular weight excluding hydrogens is 429 g/mol. The van der Waals surface area contributed by atoms with Gasteiger partial charge in [0.05, 0.1) is 25.4 Å². The molecule has 30 heavy (non-hydrogen) atoms. The molecule has 2 aromatic carbocycles. The van der Waals surface area contributed by atoms with Crippen molar-refractivity contribution in [2.75, 3.05) is 31.6 Å². The van der Waals surface area contributed by atoms with Gasteiger partial charge in [-0.25, -0.2) is 4.39 Å². The largest absolute Gasteiger partial charge is 0.493 e. The summed E-state index contributed by atoms with van der Waals surface area (Å²) in [5, 5.41) is 23.0. The Morgan fingerprint density at radius 1 is 1.20 bits per heavy atom. The van der Waals surface area contributed by atoms with Crippen LogP contribution in [0.15, 0.2) is 52.7 Å². The third-order valence-corrected chi connectivity index (χ3v) is 5.19. The van der Waals surface area contributed by atoms with E-state index >= 15 is 0 Å². The summed E-state index contributed by atoms with van der Waals surface area (Å²) < 4.78 is 21.0. The van der Waals surface area contributed by atoms with Crippen LogP contribution in [0.2, 0.25) is 5.02 Å². The number of ether oxygens (including phenoxy) is 1. The number of nitrogens with zero attached hydrogens (tertiary/aromatic N) is 4. The van der Waals surface area contributed by atoms with Crippen LogP contribution in [0.25, 0.3) is 10.9 Å². The first kappa shape index (κ1) is 20.7. The van der Waals surface area contributed by atoms with Crippen molar-refractivity contribution >= 4 is 51.2 Å². The van der Waals surface area contributed by atoms with E-state index in [1.807, 2.05) is 0 Å². The molecule has 156 valence electrons. The smallest absolute Gasteiger partial charge is 0.221 e. The zero-order valence-electron chi connectivity index (χ0n) is 15.9. The third-order valence-electron chi connectivity index (χ3n) is 4.75. The molecule has 1 aliphatic heterocycles. The lowest BCUT2D eigenvalue weighted by Crippen LogP contribution is -2.37. The van der Waals surface area contributed by atoms with Gasteiger partial charge in [-0.15, -0.1) is 10.2 Å². The number of aromatic hydroxyl groups is 1. The highest BCUT2D eigenvalue weighted by molar-refractivity contribution is 7.80. The normalized spacial score (nSPS) is 15.1. The minimum Gasteiger partial charge on any atom is -0.493 e. The first-order valence-electron chi connectivity index (χ1n) is 9.30. The van der Waals surface area contributed by atoms with Crippen LogP contribution in [0.4, 0.5) is 15.8 Å². The van der Waals surface area contributed by atoms with Crippen molar-refractivity contribution in [1.29, 1.82) is 0 Å². The van der Waals surface area contributed by atoms with E-state index in [2.05, 4.69) is 20.4 Å². The lowest BCUT2D eigenvalue weighted by atomic mass is 10.2. The Morgan fingerprint density at radius 3 is 2.67 bits per heavy atom. The highest BCUT2D eigenvalue weighted by Crippen LogP contribution is 2.39. The second-order valence-electron chi connectivity index (χ2n) is 6.77. The van der Waals surface area contributed by atoms with Crippen LogP contribution >= 0.6 is 23.8 Å². The van der Waals surface area contributed by atoms with Crippen LogP contribution in [0.3, 0.4) is 0 Å². The number of anilines is 1. The molecule has 3 aromatic rings.